The number of unbranched alkanes of at least 4 members (excludes halogenated alkanes) is 2. The lowest BCUT2D eigenvalue weighted by Crippen LogP contribution is -2.15. The zero-order valence-corrected chi connectivity index (χ0v) is 16.0. The lowest BCUT2D eigenvalue weighted by atomic mass is 9.83. The van der Waals surface area contributed by atoms with Crippen LogP contribution in [0.3, 0.4) is 0 Å². The van der Waals surface area contributed by atoms with Crippen LogP contribution in [0.15, 0.2) is 23.1 Å². The van der Waals surface area contributed by atoms with Crippen LogP contribution in [0.25, 0.3) is 0 Å². The molecular weight excluding hydrogens is 308 g/mol. The molecule has 0 unspecified atom stereocenters. The lowest BCUT2D eigenvalue weighted by molar-refractivity contribution is 0.473. The Morgan fingerprint density at radius 1 is 1.04 bits per heavy atom. The van der Waals surface area contributed by atoms with Crippen LogP contribution in [0, 0.1) is 0 Å². The fourth-order valence-electron chi connectivity index (χ4n) is 2.92. The summed E-state index contributed by atoms with van der Waals surface area (Å²) in [6, 6.07) is 5.59. The van der Waals surface area contributed by atoms with Crippen molar-refractivity contribution in [2.45, 2.75) is 89.4 Å². The highest BCUT2D eigenvalue weighted by Gasteiger charge is 2.24. The quantitative estimate of drug-likeness (QED) is 0.618. The second-order valence-electron chi connectivity index (χ2n) is 7.46. The molecule has 0 heterocycles. The fourth-order valence-corrected chi connectivity index (χ4v) is 3.73. The van der Waals surface area contributed by atoms with Gasteiger partial charge in [0.05, 0.1) is 4.90 Å². The molecule has 0 fully saturated rings. The predicted molar refractivity (Wildman–Crippen MR) is 96.7 cm³/mol. The third-order valence-corrected chi connectivity index (χ3v) is 5.32. The maximum Gasteiger partial charge on any atom is 0.294 e. The Bertz CT molecular complexity index is 590. The zero-order chi connectivity index (χ0) is 17.7. The largest absolute Gasteiger partial charge is 0.294 e. The van der Waals surface area contributed by atoms with Crippen molar-refractivity contribution in [3.05, 3.63) is 29.3 Å². The monoisotopic (exact) mass is 340 g/mol. The highest BCUT2D eigenvalue weighted by atomic mass is 32.2. The molecule has 0 aliphatic carbocycles. The van der Waals surface area contributed by atoms with Gasteiger partial charge >= 0.3 is 0 Å². The van der Waals surface area contributed by atoms with Crippen molar-refractivity contribution in [1.82, 2.24) is 0 Å². The molecule has 0 spiro atoms. The topological polar surface area (TPSA) is 54.4 Å². The maximum absolute atomic E-state index is 11.9. The van der Waals surface area contributed by atoms with Gasteiger partial charge in [0.25, 0.3) is 10.1 Å². The maximum atomic E-state index is 11.9. The van der Waals surface area contributed by atoms with Crippen molar-refractivity contribution in [3.63, 3.8) is 0 Å². The van der Waals surface area contributed by atoms with Gasteiger partial charge in [0, 0.05) is 0 Å². The third kappa shape index (κ3) is 5.92. The Morgan fingerprint density at radius 3 is 1.96 bits per heavy atom. The van der Waals surface area contributed by atoms with Crippen LogP contribution < -0.4 is 0 Å². The molecule has 1 aromatic carbocycles. The SMILES string of the molecule is CCCCC(CCCC)c1ccc(C(C)(C)C)cc1S(=O)(=O)O. The van der Waals surface area contributed by atoms with Crippen molar-refractivity contribution in [2.75, 3.05) is 0 Å². The van der Waals surface area contributed by atoms with E-state index in [0.29, 0.717) is 0 Å². The molecule has 1 rings (SSSR count). The van der Waals surface area contributed by atoms with Crippen LogP contribution in [0.2, 0.25) is 0 Å². The summed E-state index contributed by atoms with van der Waals surface area (Å²) >= 11 is 0. The van der Waals surface area contributed by atoms with Crippen molar-refractivity contribution in [2.24, 2.45) is 0 Å². The van der Waals surface area contributed by atoms with Gasteiger partial charge in [-0.05, 0) is 41.4 Å². The first-order valence-electron chi connectivity index (χ1n) is 8.73. The molecule has 1 aromatic rings. The second kappa shape index (κ2) is 8.29. The van der Waals surface area contributed by atoms with Crippen molar-refractivity contribution < 1.29 is 13.0 Å². The van der Waals surface area contributed by atoms with Crippen LogP contribution in [-0.2, 0) is 15.5 Å². The predicted octanol–water partition coefficient (Wildman–Crippen LogP) is 5.69. The summed E-state index contributed by atoms with van der Waals surface area (Å²) in [7, 11) is -4.21. The minimum Gasteiger partial charge on any atom is -0.282 e. The summed E-state index contributed by atoms with van der Waals surface area (Å²) in [5.74, 6) is 0.195. The number of hydrogen-bond donors (Lipinski definition) is 1. The van der Waals surface area contributed by atoms with E-state index in [1.807, 2.05) is 32.9 Å². The van der Waals surface area contributed by atoms with E-state index in [1.165, 1.54) is 0 Å². The van der Waals surface area contributed by atoms with E-state index in [9.17, 15) is 13.0 Å². The summed E-state index contributed by atoms with van der Waals surface area (Å²) in [5, 5.41) is 0. The fraction of sp³-hybridized carbons (Fsp3) is 0.684. The average molecular weight is 341 g/mol. The van der Waals surface area contributed by atoms with Gasteiger partial charge in [-0.15, -0.1) is 0 Å². The van der Waals surface area contributed by atoms with E-state index in [0.717, 1.165) is 49.7 Å². The molecule has 23 heavy (non-hydrogen) atoms. The van der Waals surface area contributed by atoms with E-state index in [2.05, 4.69) is 13.8 Å². The first-order chi connectivity index (χ1) is 10.6. The summed E-state index contributed by atoms with van der Waals surface area (Å²) in [5.41, 5.74) is 1.56. The van der Waals surface area contributed by atoms with Crippen molar-refractivity contribution >= 4 is 10.1 Å². The van der Waals surface area contributed by atoms with Gasteiger partial charge in [0.2, 0.25) is 0 Å². The second-order valence-corrected chi connectivity index (χ2v) is 8.85. The molecule has 1 N–H and O–H groups in total. The minimum absolute atomic E-state index is 0.0992. The van der Waals surface area contributed by atoms with Gasteiger partial charge in [0.15, 0.2) is 0 Å². The first-order valence-corrected chi connectivity index (χ1v) is 10.2. The molecule has 132 valence electrons. The molecule has 0 saturated carbocycles. The number of rotatable bonds is 8. The standard InChI is InChI=1S/C19H32O3S/c1-6-8-10-15(11-9-7-2)17-13-12-16(19(3,4)5)14-18(17)23(20,21)22/h12-15H,6-11H2,1-5H3,(H,20,21,22). The molecule has 0 bridgehead atoms. The third-order valence-electron chi connectivity index (χ3n) is 4.41. The summed E-state index contributed by atoms with van der Waals surface area (Å²) in [4.78, 5) is 0.0992. The minimum atomic E-state index is -4.21. The molecule has 0 amide bonds. The van der Waals surface area contributed by atoms with E-state index in [-0.39, 0.29) is 16.2 Å². The van der Waals surface area contributed by atoms with Crippen LogP contribution in [0.4, 0.5) is 0 Å². The van der Waals surface area contributed by atoms with E-state index >= 15 is 0 Å². The number of hydrogen-bond acceptors (Lipinski definition) is 2. The van der Waals surface area contributed by atoms with Gasteiger partial charge in [0.1, 0.15) is 0 Å². The molecule has 0 aromatic heterocycles. The Hall–Kier alpha value is -0.870. The van der Waals surface area contributed by atoms with Gasteiger partial charge in [-0.3, -0.25) is 4.55 Å². The van der Waals surface area contributed by atoms with E-state index < -0.39 is 10.1 Å². The normalized spacial score (nSPS) is 12.8. The van der Waals surface area contributed by atoms with Crippen molar-refractivity contribution in [3.8, 4) is 0 Å². The Morgan fingerprint density at radius 2 is 1.57 bits per heavy atom. The number of benzene rings is 1. The first kappa shape index (κ1) is 20.2. The zero-order valence-electron chi connectivity index (χ0n) is 15.2. The van der Waals surface area contributed by atoms with Gasteiger partial charge in [-0.1, -0.05) is 72.4 Å². The summed E-state index contributed by atoms with van der Waals surface area (Å²) in [6.45, 7) is 10.4. The highest BCUT2D eigenvalue weighted by Crippen LogP contribution is 2.35. The molecule has 0 aliphatic heterocycles. The van der Waals surface area contributed by atoms with E-state index in [4.69, 9.17) is 0 Å². The lowest BCUT2D eigenvalue weighted by Gasteiger charge is -2.24. The van der Waals surface area contributed by atoms with Gasteiger partial charge in [-0.25, -0.2) is 0 Å². The molecule has 0 radical (unpaired) electrons. The van der Waals surface area contributed by atoms with Crippen LogP contribution >= 0.6 is 0 Å². The highest BCUT2D eigenvalue weighted by molar-refractivity contribution is 7.85. The van der Waals surface area contributed by atoms with E-state index in [1.54, 1.807) is 6.07 Å². The molecule has 3 nitrogen and oxygen atoms in total. The van der Waals surface area contributed by atoms with Crippen molar-refractivity contribution in [1.29, 1.82) is 0 Å². The Balaban J connectivity index is 3.35. The Kier molecular flexibility index (Phi) is 7.28. The smallest absolute Gasteiger partial charge is 0.282 e. The molecule has 4 heteroatoms. The molecule has 0 aliphatic rings. The summed E-state index contributed by atoms with van der Waals surface area (Å²) in [6.07, 6.45) is 6.25. The van der Waals surface area contributed by atoms with Crippen LogP contribution in [0.5, 0.6) is 0 Å². The van der Waals surface area contributed by atoms with Gasteiger partial charge < -0.3 is 0 Å². The molecule has 0 saturated heterocycles. The van der Waals surface area contributed by atoms with Gasteiger partial charge in [-0.2, -0.15) is 8.42 Å². The van der Waals surface area contributed by atoms with Crippen LogP contribution in [-0.4, -0.2) is 13.0 Å². The summed E-state index contributed by atoms with van der Waals surface area (Å²) < 4.78 is 33.6. The van der Waals surface area contributed by atoms with Crippen LogP contribution in [0.1, 0.15) is 90.2 Å². The Labute approximate surface area is 142 Å². The average Bonchev–Trinajstić information content (AvgIpc) is 2.45. The molecular formula is C19H32O3S. The molecule has 0 atom stereocenters.